The van der Waals surface area contributed by atoms with E-state index in [1.807, 2.05) is 12.3 Å². The molecule has 0 amide bonds. The van der Waals surface area contributed by atoms with Gasteiger partial charge in [0.25, 0.3) is 0 Å². The monoisotopic (exact) mass is 340 g/mol. The molecule has 1 aliphatic rings. The van der Waals surface area contributed by atoms with E-state index in [2.05, 4.69) is 43.3 Å². The van der Waals surface area contributed by atoms with Crippen molar-refractivity contribution in [1.82, 2.24) is 4.98 Å². The quantitative estimate of drug-likeness (QED) is 0.448. The average Bonchev–Trinajstić information content (AvgIpc) is 2.50. The van der Waals surface area contributed by atoms with Crippen LogP contribution < -0.4 is 9.64 Å². The van der Waals surface area contributed by atoms with Crippen molar-refractivity contribution >= 4 is 18.4 Å². The third-order valence-electron chi connectivity index (χ3n) is 4.04. The second-order valence-electron chi connectivity index (χ2n) is 6.32. The molecule has 1 aliphatic heterocycles. The highest BCUT2D eigenvalue weighted by molar-refractivity contribution is 7.80. The van der Waals surface area contributed by atoms with Crippen LogP contribution in [0.4, 0.5) is 5.82 Å². The molecule has 1 aromatic heterocycles. The number of methoxy groups -OCH3 is 1. The van der Waals surface area contributed by atoms with E-state index in [-0.39, 0.29) is 6.04 Å². The maximum absolute atomic E-state index is 5.89. The van der Waals surface area contributed by atoms with Crippen molar-refractivity contribution < 1.29 is 14.2 Å². The molecule has 6 heteroatoms. The van der Waals surface area contributed by atoms with E-state index in [9.17, 15) is 0 Å². The van der Waals surface area contributed by atoms with Crippen LogP contribution in [0.5, 0.6) is 5.75 Å². The van der Waals surface area contributed by atoms with Crippen LogP contribution in [-0.4, -0.2) is 49.9 Å². The average molecular weight is 340 g/mol. The molecule has 0 fully saturated rings. The van der Waals surface area contributed by atoms with Gasteiger partial charge in [-0.2, -0.15) is 12.6 Å². The minimum Gasteiger partial charge on any atom is -0.487 e. The van der Waals surface area contributed by atoms with Gasteiger partial charge < -0.3 is 19.1 Å². The fraction of sp³-hybridized carbons (Fsp3) is 0.706. The lowest BCUT2D eigenvalue weighted by molar-refractivity contribution is -0.0435. The van der Waals surface area contributed by atoms with E-state index in [0.717, 1.165) is 30.1 Å². The Kier molecular flexibility index (Phi) is 6.99. The predicted octanol–water partition coefficient (Wildman–Crippen LogP) is 2.92. The first-order valence-corrected chi connectivity index (χ1v) is 8.64. The highest BCUT2D eigenvalue weighted by Gasteiger charge is 2.29. The lowest BCUT2D eigenvalue weighted by Crippen LogP contribution is -2.45. The maximum atomic E-state index is 5.89. The van der Waals surface area contributed by atoms with Gasteiger partial charge in [-0.25, -0.2) is 4.98 Å². The van der Waals surface area contributed by atoms with Crippen LogP contribution in [0.1, 0.15) is 25.8 Å². The molecule has 0 N–H and O–H groups in total. The molecule has 2 heterocycles. The number of nitrogens with zero attached hydrogens (tertiary/aromatic N) is 2. The number of thiol groups is 1. The van der Waals surface area contributed by atoms with Crippen LogP contribution in [0.25, 0.3) is 0 Å². The summed E-state index contributed by atoms with van der Waals surface area (Å²) in [7, 11) is 1.64. The normalized spacial score (nSPS) is 19.9. The SMILES string of the molecule is COCOCC(CC(C)S)CN1c2nccc(C)c2OC[C@@H]1C. The molecule has 0 saturated carbocycles. The van der Waals surface area contributed by atoms with Crippen molar-refractivity contribution in [3.8, 4) is 5.75 Å². The van der Waals surface area contributed by atoms with Crippen molar-refractivity contribution in [2.24, 2.45) is 5.92 Å². The maximum Gasteiger partial charge on any atom is 0.172 e. The largest absolute Gasteiger partial charge is 0.487 e. The Balaban J connectivity index is 2.13. The molecule has 0 aromatic carbocycles. The number of ether oxygens (including phenoxy) is 3. The minimum absolute atomic E-state index is 0.289. The number of aryl methyl sites for hydroxylation is 1. The lowest BCUT2D eigenvalue weighted by atomic mass is 10.0. The van der Waals surface area contributed by atoms with E-state index in [0.29, 0.717) is 31.2 Å². The molecule has 3 atom stereocenters. The van der Waals surface area contributed by atoms with Crippen LogP contribution in [-0.2, 0) is 9.47 Å². The number of pyridine rings is 1. The Labute approximate surface area is 144 Å². The second kappa shape index (κ2) is 8.76. The number of fused-ring (bicyclic) bond motifs is 1. The van der Waals surface area contributed by atoms with Gasteiger partial charge in [-0.1, -0.05) is 6.92 Å². The van der Waals surface area contributed by atoms with E-state index < -0.39 is 0 Å². The summed E-state index contributed by atoms with van der Waals surface area (Å²) in [5, 5.41) is 0.326. The topological polar surface area (TPSA) is 43.8 Å². The van der Waals surface area contributed by atoms with Gasteiger partial charge in [-0.3, -0.25) is 0 Å². The summed E-state index contributed by atoms with van der Waals surface area (Å²) in [6, 6.07) is 2.28. The van der Waals surface area contributed by atoms with Gasteiger partial charge in [0.1, 0.15) is 13.4 Å². The van der Waals surface area contributed by atoms with Gasteiger partial charge >= 0.3 is 0 Å². The van der Waals surface area contributed by atoms with Crippen molar-refractivity contribution in [2.45, 2.75) is 38.5 Å². The van der Waals surface area contributed by atoms with Crippen molar-refractivity contribution in [2.75, 3.05) is 38.6 Å². The molecule has 0 radical (unpaired) electrons. The van der Waals surface area contributed by atoms with E-state index in [1.54, 1.807) is 7.11 Å². The standard InChI is InChI=1S/C17H28N2O3S/c1-12-5-6-18-17-16(12)22-9-13(2)19(17)8-15(7-14(3)23)10-21-11-20-4/h5-6,13-15,23H,7-11H2,1-4H3/t13-,14?,15?/m0/s1. The molecular formula is C17H28N2O3S. The number of anilines is 1. The van der Waals surface area contributed by atoms with Gasteiger partial charge in [0.2, 0.25) is 0 Å². The Morgan fingerprint density at radius 1 is 1.52 bits per heavy atom. The first-order valence-electron chi connectivity index (χ1n) is 8.12. The molecule has 23 heavy (non-hydrogen) atoms. The van der Waals surface area contributed by atoms with E-state index in [1.165, 1.54) is 0 Å². The Bertz CT molecular complexity index is 499. The smallest absolute Gasteiger partial charge is 0.172 e. The summed E-state index contributed by atoms with van der Waals surface area (Å²) < 4.78 is 16.5. The molecule has 2 rings (SSSR count). The first-order chi connectivity index (χ1) is 11.0. The summed E-state index contributed by atoms with van der Waals surface area (Å²) >= 11 is 4.55. The molecular weight excluding hydrogens is 312 g/mol. The third-order valence-corrected chi connectivity index (χ3v) is 4.25. The van der Waals surface area contributed by atoms with Crippen molar-refractivity contribution in [3.05, 3.63) is 17.8 Å². The number of rotatable bonds is 8. The summed E-state index contributed by atoms with van der Waals surface area (Å²) in [5.74, 6) is 2.21. The van der Waals surface area contributed by atoms with Crippen LogP contribution in [0, 0.1) is 12.8 Å². The van der Waals surface area contributed by atoms with E-state index >= 15 is 0 Å². The summed E-state index contributed by atoms with van der Waals surface area (Å²) in [5.41, 5.74) is 1.13. The summed E-state index contributed by atoms with van der Waals surface area (Å²) in [6.07, 6.45) is 2.83. The Morgan fingerprint density at radius 3 is 3.00 bits per heavy atom. The Morgan fingerprint density at radius 2 is 2.30 bits per heavy atom. The predicted molar refractivity (Wildman–Crippen MR) is 95.7 cm³/mol. The zero-order valence-electron chi connectivity index (χ0n) is 14.5. The molecule has 0 spiro atoms. The van der Waals surface area contributed by atoms with Gasteiger partial charge in [-0.05, 0) is 37.1 Å². The van der Waals surface area contributed by atoms with Gasteiger partial charge in [-0.15, -0.1) is 0 Å². The Hall–Kier alpha value is -0.980. The first kappa shape index (κ1) is 18.4. The van der Waals surface area contributed by atoms with Gasteiger partial charge in [0, 0.05) is 25.8 Å². The zero-order valence-corrected chi connectivity index (χ0v) is 15.4. The number of aromatic nitrogens is 1. The van der Waals surface area contributed by atoms with Crippen LogP contribution in [0.15, 0.2) is 12.3 Å². The molecule has 2 unspecified atom stereocenters. The van der Waals surface area contributed by atoms with E-state index in [4.69, 9.17) is 14.2 Å². The highest BCUT2D eigenvalue weighted by atomic mass is 32.1. The van der Waals surface area contributed by atoms with Crippen LogP contribution >= 0.6 is 12.6 Å². The number of hydrogen-bond acceptors (Lipinski definition) is 6. The van der Waals surface area contributed by atoms with Gasteiger partial charge in [0.05, 0.1) is 12.6 Å². The number of hydrogen-bond donors (Lipinski definition) is 1. The van der Waals surface area contributed by atoms with Crippen LogP contribution in [0.2, 0.25) is 0 Å². The van der Waals surface area contributed by atoms with Crippen molar-refractivity contribution in [1.29, 1.82) is 0 Å². The highest BCUT2D eigenvalue weighted by Crippen LogP contribution is 2.35. The zero-order chi connectivity index (χ0) is 16.8. The van der Waals surface area contributed by atoms with Crippen molar-refractivity contribution in [3.63, 3.8) is 0 Å². The fourth-order valence-electron chi connectivity index (χ4n) is 2.94. The molecule has 0 aliphatic carbocycles. The van der Waals surface area contributed by atoms with Gasteiger partial charge in [0.15, 0.2) is 11.6 Å². The molecule has 0 bridgehead atoms. The second-order valence-corrected chi connectivity index (χ2v) is 7.20. The molecule has 5 nitrogen and oxygen atoms in total. The summed E-state index contributed by atoms with van der Waals surface area (Å²) in [4.78, 5) is 6.89. The van der Waals surface area contributed by atoms with Crippen LogP contribution in [0.3, 0.4) is 0 Å². The molecule has 130 valence electrons. The molecule has 1 aromatic rings. The lowest BCUT2D eigenvalue weighted by Gasteiger charge is -2.38. The molecule has 0 saturated heterocycles. The summed E-state index contributed by atoms with van der Waals surface area (Å²) in [6.45, 7) is 8.89. The minimum atomic E-state index is 0.289. The fourth-order valence-corrected chi connectivity index (χ4v) is 3.23. The third kappa shape index (κ3) is 4.99.